The molecular formula is C18H25NO2. The Morgan fingerprint density at radius 1 is 1.29 bits per heavy atom. The maximum atomic E-state index is 11.7. The van der Waals surface area contributed by atoms with E-state index in [2.05, 4.69) is 37.9 Å². The molecule has 0 radical (unpaired) electrons. The molecule has 1 aromatic carbocycles. The highest BCUT2D eigenvalue weighted by atomic mass is 16.4. The van der Waals surface area contributed by atoms with Crippen LogP contribution in [0.2, 0.25) is 0 Å². The third-order valence-corrected chi connectivity index (χ3v) is 6.01. The predicted molar refractivity (Wildman–Crippen MR) is 82.8 cm³/mol. The van der Waals surface area contributed by atoms with E-state index in [9.17, 15) is 9.90 Å². The van der Waals surface area contributed by atoms with E-state index in [1.54, 1.807) is 0 Å². The highest BCUT2D eigenvalue weighted by Gasteiger charge is 2.60. The van der Waals surface area contributed by atoms with Gasteiger partial charge in [0, 0.05) is 12.6 Å². The van der Waals surface area contributed by atoms with Gasteiger partial charge in [-0.2, -0.15) is 0 Å². The normalized spacial score (nSPS) is 33.5. The Labute approximate surface area is 127 Å². The summed E-state index contributed by atoms with van der Waals surface area (Å²) in [5.41, 5.74) is 1.55. The van der Waals surface area contributed by atoms with E-state index in [-0.39, 0.29) is 12.0 Å². The lowest BCUT2D eigenvalue weighted by atomic mass is 9.44. The smallest absolute Gasteiger partial charge is 0.308 e. The van der Waals surface area contributed by atoms with Crippen molar-refractivity contribution in [3.8, 4) is 0 Å². The van der Waals surface area contributed by atoms with Gasteiger partial charge in [-0.3, -0.25) is 9.69 Å². The number of carboxylic acids is 1. The van der Waals surface area contributed by atoms with Gasteiger partial charge in [0.1, 0.15) is 0 Å². The van der Waals surface area contributed by atoms with Crippen LogP contribution in [0.15, 0.2) is 30.3 Å². The average molecular weight is 287 g/mol. The van der Waals surface area contributed by atoms with Crippen molar-refractivity contribution in [1.82, 2.24) is 4.90 Å². The Kier molecular flexibility index (Phi) is 3.56. The summed E-state index contributed by atoms with van der Waals surface area (Å²) in [6, 6.07) is 10.5. The average Bonchev–Trinajstić information content (AvgIpc) is 2.47. The van der Waals surface area contributed by atoms with E-state index < -0.39 is 5.97 Å². The number of rotatable bonds is 4. The molecule has 3 saturated carbocycles. The second-order valence-electron chi connectivity index (χ2n) is 7.43. The number of fused-ring (bicyclic) bond motifs is 2. The van der Waals surface area contributed by atoms with Gasteiger partial charge < -0.3 is 5.11 Å². The van der Waals surface area contributed by atoms with Crippen LogP contribution in [0.25, 0.3) is 0 Å². The van der Waals surface area contributed by atoms with E-state index in [0.717, 1.165) is 13.0 Å². The second kappa shape index (κ2) is 5.13. The highest BCUT2D eigenvalue weighted by molar-refractivity contribution is 5.71. The Morgan fingerprint density at radius 2 is 1.95 bits per heavy atom. The Morgan fingerprint density at radius 3 is 2.52 bits per heavy atom. The first-order chi connectivity index (χ1) is 9.91. The van der Waals surface area contributed by atoms with Gasteiger partial charge in [-0.15, -0.1) is 0 Å². The molecule has 114 valence electrons. The molecule has 3 aliphatic carbocycles. The lowest BCUT2D eigenvalue weighted by Crippen LogP contribution is -2.64. The third-order valence-electron chi connectivity index (χ3n) is 6.01. The molecule has 21 heavy (non-hydrogen) atoms. The van der Waals surface area contributed by atoms with Crippen LogP contribution in [0, 0.1) is 23.2 Å². The first-order valence-electron chi connectivity index (χ1n) is 7.88. The summed E-state index contributed by atoms with van der Waals surface area (Å²) in [6.07, 6.45) is 2.03. The maximum Gasteiger partial charge on any atom is 0.308 e. The van der Waals surface area contributed by atoms with Gasteiger partial charge in [-0.05, 0) is 42.7 Å². The van der Waals surface area contributed by atoms with E-state index in [1.165, 1.54) is 12.0 Å². The number of carbonyl (C=O) groups is 1. The van der Waals surface area contributed by atoms with Gasteiger partial charge in [0.15, 0.2) is 0 Å². The molecule has 0 aromatic heterocycles. The monoisotopic (exact) mass is 287 g/mol. The minimum absolute atomic E-state index is 0.155. The van der Waals surface area contributed by atoms with Crippen molar-refractivity contribution in [3.63, 3.8) is 0 Å². The van der Waals surface area contributed by atoms with Gasteiger partial charge in [0.2, 0.25) is 0 Å². The number of hydrogen-bond donors (Lipinski definition) is 1. The van der Waals surface area contributed by atoms with Crippen LogP contribution in [-0.4, -0.2) is 29.1 Å². The van der Waals surface area contributed by atoms with Crippen LogP contribution in [0.1, 0.15) is 32.3 Å². The van der Waals surface area contributed by atoms with Crippen molar-refractivity contribution in [1.29, 1.82) is 0 Å². The molecule has 1 aromatic rings. The fourth-order valence-corrected chi connectivity index (χ4v) is 4.60. The Bertz CT molecular complexity index is 525. The molecule has 0 amide bonds. The number of hydrogen-bond acceptors (Lipinski definition) is 2. The fraction of sp³-hybridized carbons (Fsp3) is 0.611. The molecule has 3 heteroatoms. The van der Waals surface area contributed by atoms with Crippen LogP contribution >= 0.6 is 0 Å². The number of benzene rings is 1. The van der Waals surface area contributed by atoms with Crippen molar-refractivity contribution in [3.05, 3.63) is 35.9 Å². The maximum absolute atomic E-state index is 11.7. The van der Waals surface area contributed by atoms with Crippen LogP contribution in [0.4, 0.5) is 0 Å². The van der Waals surface area contributed by atoms with E-state index >= 15 is 0 Å². The summed E-state index contributed by atoms with van der Waals surface area (Å²) in [7, 11) is 2.09. The molecule has 2 bridgehead atoms. The number of carboxylic acid groups (broad SMARTS) is 1. The van der Waals surface area contributed by atoms with Crippen molar-refractivity contribution < 1.29 is 9.90 Å². The molecule has 0 heterocycles. The largest absolute Gasteiger partial charge is 0.481 e. The summed E-state index contributed by atoms with van der Waals surface area (Å²) in [5, 5.41) is 9.61. The molecule has 1 N–H and O–H groups in total. The van der Waals surface area contributed by atoms with Gasteiger partial charge in [-0.25, -0.2) is 0 Å². The molecule has 3 fully saturated rings. The minimum atomic E-state index is -0.620. The molecule has 0 aliphatic heterocycles. The summed E-state index contributed by atoms with van der Waals surface area (Å²) in [6.45, 7) is 5.45. The van der Waals surface area contributed by atoms with Crippen LogP contribution in [0.3, 0.4) is 0 Å². The van der Waals surface area contributed by atoms with Gasteiger partial charge in [0.05, 0.1) is 5.92 Å². The summed E-state index contributed by atoms with van der Waals surface area (Å²) in [4.78, 5) is 13.9. The first kappa shape index (κ1) is 14.6. The van der Waals surface area contributed by atoms with Gasteiger partial charge in [-0.1, -0.05) is 44.2 Å². The predicted octanol–water partition coefficient (Wildman–Crippen LogP) is 3.25. The summed E-state index contributed by atoms with van der Waals surface area (Å²) >= 11 is 0. The lowest BCUT2D eigenvalue weighted by molar-refractivity contribution is -0.174. The number of aliphatic carboxylic acids is 1. The molecule has 3 nitrogen and oxygen atoms in total. The van der Waals surface area contributed by atoms with Crippen molar-refractivity contribution in [2.24, 2.45) is 23.2 Å². The quantitative estimate of drug-likeness (QED) is 0.924. The molecule has 4 rings (SSSR count). The van der Waals surface area contributed by atoms with Crippen LogP contribution < -0.4 is 0 Å². The zero-order valence-electron chi connectivity index (χ0n) is 13.1. The molecule has 0 unspecified atom stereocenters. The molecular weight excluding hydrogens is 262 g/mol. The zero-order chi connectivity index (χ0) is 15.2. The fourth-order valence-electron chi connectivity index (χ4n) is 4.60. The summed E-state index contributed by atoms with van der Waals surface area (Å²) < 4.78 is 0. The van der Waals surface area contributed by atoms with Crippen molar-refractivity contribution >= 4 is 5.97 Å². The van der Waals surface area contributed by atoms with E-state index in [4.69, 9.17) is 0 Å². The SMILES string of the molecule is CN(Cc1ccccc1)[C@H]1[C@@H](C(=O)O)C[C@H]2C[C@@H]1C2(C)C. The van der Waals surface area contributed by atoms with Crippen LogP contribution in [-0.2, 0) is 11.3 Å². The highest BCUT2D eigenvalue weighted by Crippen LogP contribution is 2.61. The molecule has 4 atom stereocenters. The van der Waals surface area contributed by atoms with Gasteiger partial charge in [0.25, 0.3) is 0 Å². The summed E-state index contributed by atoms with van der Waals surface area (Å²) in [5.74, 6) is 0.261. The Balaban J connectivity index is 1.81. The second-order valence-corrected chi connectivity index (χ2v) is 7.43. The first-order valence-corrected chi connectivity index (χ1v) is 7.88. The van der Waals surface area contributed by atoms with Crippen molar-refractivity contribution in [2.75, 3.05) is 7.05 Å². The zero-order valence-corrected chi connectivity index (χ0v) is 13.1. The van der Waals surface area contributed by atoms with E-state index in [0.29, 0.717) is 17.3 Å². The van der Waals surface area contributed by atoms with Gasteiger partial charge >= 0.3 is 5.97 Å². The number of nitrogens with zero attached hydrogens (tertiary/aromatic N) is 1. The molecule has 3 aliphatic rings. The third kappa shape index (κ3) is 2.38. The molecule has 0 saturated heterocycles. The Hall–Kier alpha value is -1.35. The lowest BCUT2D eigenvalue weighted by Gasteiger charge is -2.63. The standard InChI is InChI=1S/C18H25NO2/c1-18(2)13-9-14(17(20)21)16(15(18)10-13)19(3)11-12-7-5-4-6-8-12/h4-8,13-16H,9-11H2,1-3H3,(H,20,21)/t13-,14-,15-,16-/m0/s1. The minimum Gasteiger partial charge on any atom is -0.481 e. The van der Waals surface area contributed by atoms with Crippen molar-refractivity contribution in [2.45, 2.75) is 39.3 Å². The topological polar surface area (TPSA) is 40.5 Å². The van der Waals surface area contributed by atoms with E-state index in [1.807, 2.05) is 18.2 Å². The molecule has 0 spiro atoms. The van der Waals surface area contributed by atoms with Crippen LogP contribution in [0.5, 0.6) is 0 Å².